The highest BCUT2D eigenvalue weighted by Crippen LogP contribution is 2.31. The molecule has 0 saturated heterocycles. The van der Waals surface area contributed by atoms with Gasteiger partial charge in [0.1, 0.15) is 0 Å². The van der Waals surface area contributed by atoms with Gasteiger partial charge < -0.3 is 4.90 Å². The van der Waals surface area contributed by atoms with Crippen molar-refractivity contribution in [3.05, 3.63) is 65.7 Å². The summed E-state index contributed by atoms with van der Waals surface area (Å²) >= 11 is 0. The van der Waals surface area contributed by atoms with Gasteiger partial charge in [-0.15, -0.1) is 0 Å². The molecule has 4 rings (SSSR count). The zero-order valence-electron chi connectivity index (χ0n) is 13.0. The van der Waals surface area contributed by atoms with E-state index in [0.29, 0.717) is 0 Å². The highest BCUT2D eigenvalue weighted by atomic mass is 16.2. The van der Waals surface area contributed by atoms with Crippen LogP contribution in [0.1, 0.15) is 28.8 Å². The van der Waals surface area contributed by atoms with Gasteiger partial charge in [-0.05, 0) is 30.5 Å². The molecular formula is C19H19N3O. The fourth-order valence-electron chi connectivity index (χ4n) is 3.23. The molecule has 2 aliphatic heterocycles. The zero-order valence-corrected chi connectivity index (χ0v) is 13.0. The maximum atomic E-state index is 12.8. The lowest BCUT2D eigenvalue weighted by atomic mass is 10.1. The Morgan fingerprint density at radius 2 is 1.74 bits per heavy atom. The molecule has 0 saturated carbocycles. The van der Waals surface area contributed by atoms with E-state index in [0.717, 1.165) is 49.7 Å². The number of carbonyl (C=O) groups is 1. The van der Waals surface area contributed by atoms with Crippen LogP contribution in [0.15, 0.2) is 59.6 Å². The van der Waals surface area contributed by atoms with Crippen LogP contribution < -0.4 is 4.90 Å². The van der Waals surface area contributed by atoms with Gasteiger partial charge in [0.05, 0.1) is 17.8 Å². The number of para-hydroxylation sites is 1. The number of anilines is 1. The van der Waals surface area contributed by atoms with Crippen molar-refractivity contribution >= 4 is 17.6 Å². The molecular weight excluding hydrogens is 286 g/mol. The smallest absolute Gasteiger partial charge is 0.262 e. The van der Waals surface area contributed by atoms with E-state index in [1.165, 1.54) is 5.56 Å². The molecule has 0 unspecified atom stereocenters. The average Bonchev–Trinajstić information content (AvgIpc) is 2.86. The molecule has 0 atom stereocenters. The van der Waals surface area contributed by atoms with Crippen molar-refractivity contribution in [1.29, 1.82) is 0 Å². The molecule has 0 aromatic heterocycles. The van der Waals surface area contributed by atoms with Gasteiger partial charge in [-0.1, -0.05) is 42.5 Å². The van der Waals surface area contributed by atoms with Gasteiger partial charge in [-0.3, -0.25) is 14.7 Å². The zero-order chi connectivity index (χ0) is 15.6. The van der Waals surface area contributed by atoms with Crippen molar-refractivity contribution in [2.45, 2.75) is 19.4 Å². The molecule has 2 aromatic carbocycles. The van der Waals surface area contributed by atoms with Gasteiger partial charge in [0.2, 0.25) is 5.96 Å². The van der Waals surface area contributed by atoms with Crippen LogP contribution in [0.3, 0.4) is 0 Å². The number of aliphatic imine (C=N–C) groups is 1. The quantitative estimate of drug-likeness (QED) is 0.853. The molecule has 4 heteroatoms. The number of carbonyl (C=O) groups excluding carboxylic acids is 1. The van der Waals surface area contributed by atoms with Gasteiger partial charge in [0, 0.05) is 13.1 Å². The van der Waals surface area contributed by atoms with Gasteiger partial charge >= 0.3 is 0 Å². The number of nitrogens with zero attached hydrogens (tertiary/aromatic N) is 3. The minimum absolute atomic E-state index is 0.0746. The van der Waals surface area contributed by atoms with E-state index in [1.54, 1.807) is 0 Å². The molecule has 2 aromatic rings. The molecule has 2 heterocycles. The number of amides is 1. The summed E-state index contributed by atoms with van der Waals surface area (Å²) in [6.45, 7) is 2.25. The summed E-state index contributed by atoms with van der Waals surface area (Å²) in [5, 5.41) is 0. The van der Waals surface area contributed by atoms with Crippen LogP contribution in [0.25, 0.3) is 0 Å². The minimum atomic E-state index is 0.0746. The number of rotatable bonds is 2. The van der Waals surface area contributed by atoms with Crippen LogP contribution >= 0.6 is 0 Å². The summed E-state index contributed by atoms with van der Waals surface area (Å²) in [5.74, 6) is 0.876. The van der Waals surface area contributed by atoms with Gasteiger partial charge in [0.15, 0.2) is 0 Å². The predicted octanol–water partition coefficient (Wildman–Crippen LogP) is 3.30. The number of fused-ring (bicyclic) bond motifs is 2. The second-order valence-corrected chi connectivity index (χ2v) is 5.93. The lowest BCUT2D eigenvalue weighted by molar-refractivity contribution is 0.0840. The number of hydrogen-bond donors (Lipinski definition) is 0. The molecule has 0 spiro atoms. The van der Waals surface area contributed by atoms with Gasteiger partial charge in [-0.2, -0.15) is 0 Å². The first-order chi connectivity index (χ1) is 11.3. The van der Waals surface area contributed by atoms with Crippen molar-refractivity contribution in [3.8, 4) is 0 Å². The summed E-state index contributed by atoms with van der Waals surface area (Å²) in [7, 11) is 0. The fourth-order valence-corrected chi connectivity index (χ4v) is 3.23. The molecule has 0 fully saturated rings. The summed E-state index contributed by atoms with van der Waals surface area (Å²) in [6, 6.07) is 18.2. The normalized spacial score (nSPS) is 17.2. The Hall–Kier alpha value is -2.62. The monoisotopic (exact) mass is 305 g/mol. The van der Waals surface area contributed by atoms with Crippen molar-refractivity contribution < 1.29 is 4.79 Å². The van der Waals surface area contributed by atoms with Crippen LogP contribution in [0.4, 0.5) is 5.69 Å². The second kappa shape index (κ2) is 5.88. The van der Waals surface area contributed by atoms with E-state index in [-0.39, 0.29) is 5.91 Å². The summed E-state index contributed by atoms with van der Waals surface area (Å²) in [6.07, 6.45) is 2.03. The first kappa shape index (κ1) is 14.0. The molecule has 116 valence electrons. The van der Waals surface area contributed by atoms with E-state index in [2.05, 4.69) is 17.0 Å². The van der Waals surface area contributed by atoms with Crippen LogP contribution in [0, 0.1) is 0 Å². The predicted molar refractivity (Wildman–Crippen MR) is 91.6 cm³/mol. The number of hydrogen-bond acceptors (Lipinski definition) is 3. The average molecular weight is 305 g/mol. The van der Waals surface area contributed by atoms with Crippen LogP contribution in [0.2, 0.25) is 0 Å². The maximum Gasteiger partial charge on any atom is 0.262 e. The standard InChI is InChI=1S/C19H19N3O/c23-18-16-10-4-5-11-17(16)22(14-15-8-2-1-3-9-15)19-20-12-6-7-13-21(18)19/h1-5,8-11H,6-7,12-14H2. The molecule has 4 nitrogen and oxygen atoms in total. The summed E-state index contributed by atoms with van der Waals surface area (Å²) < 4.78 is 0. The van der Waals surface area contributed by atoms with E-state index in [9.17, 15) is 4.79 Å². The van der Waals surface area contributed by atoms with Crippen LogP contribution in [-0.2, 0) is 6.54 Å². The van der Waals surface area contributed by atoms with Crippen LogP contribution in [0.5, 0.6) is 0 Å². The van der Waals surface area contributed by atoms with Gasteiger partial charge in [0.25, 0.3) is 5.91 Å². The third kappa shape index (κ3) is 2.50. The molecule has 0 bridgehead atoms. The van der Waals surface area contributed by atoms with Crippen molar-refractivity contribution in [1.82, 2.24) is 4.90 Å². The molecule has 1 amide bonds. The lowest BCUT2D eigenvalue weighted by Gasteiger charge is -2.38. The first-order valence-electron chi connectivity index (χ1n) is 8.11. The molecule has 23 heavy (non-hydrogen) atoms. The summed E-state index contributed by atoms with van der Waals surface area (Å²) in [5.41, 5.74) is 2.94. The number of guanidine groups is 1. The van der Waals surface area contributed by atoms with Crippen molar-refractivity contribution in [2.75, 3.05) is 18.0 Å². The third-order valence-corrected chi connectivity index (χ3v) is 4.38. The Labute approximate surface area is 136 Å². The Morgan fingerprint density at radius 3 is 2.61 bits per heavy atom. The first-order valence-corrected chi connectivity index (χ1v) is 8.11. The van der Waals surface area contributed by atoms with E-state index < -0.39 is 0 Å². The van der Waals surface area contributed by atoms with Crippen LogP contribution in [-0.4, -0.2) is 29.9 Å². The minimum Gasteiger partial charge on any atom is -0.307 e. The van der Waals surface area contributed by atoms with Gasteiger partial charge in [-0.25, -0.2) is 0 Å². The Kier molecular flexibility index (Phi) is 3.58. The van der Waals surface area contributed by atoms with E-state index in [4.69, 9.17) is 4.99 Å². The topological polar surface area (TPSA) is 35.9 Å². The highest BCUT2D eigenvalue weighted by Gasteiger charge is 2.35. The third-order valence-electron chi connectivity index (χ3n) is 4.38. The van der Waals surface area contributed by atoms with E-state index in [1.807, 2.05) is 47.4 Å². The van der Waals surface area contributed by atoms with Crippen molar-refractivity contribution in [2.24, 2.45) is 4.99 Å². The fraction of sp³-hybridized carbons (Fsp3) is 0.263. The number of benzene rings is 2. The SMILES string of the molecule is O=C1c2ccccc2N(Cc2ccccc2)C2=NCCCCN12. The highest BCUT2D eigenvalue weighted by molar-refractivity contribution is 6.18. The largest absolute Gasteiger partial charge is 0.307 e. The molecule has 0 radical (unpaired) electrons. The Bertz CT molecular complexity index is 754. The molecule has 2 aliphatic rings. The second-order valence-electron chi connectivity index (χ2n) is 5.93. The van der Waals surface area contributed by atoms with Crippen molar-refractivity contribution in [3.63, 3.8) is 0 Å². The Balaban J connectivity index is 1.81. The maximum absolute atomic E-state index is 12.8. The lowest BCUT2D eigenvalue weighted by Crippen LogP contribution is -2.51. The summed E-state index contributed by atoms with van der Waals surface area (Å²) in [4.78, 5) is 21.6. The Morgan fingerprint density at radius 1 is 0.957 bits per heavy atom. The molecule has 0 N–H and O–H groups in total. The van der Waals surface area contributed by atoms with E-state index >= 15 is 0 Å². The molecule has 0 aliphatic carbocycles.